The number of carbonyl (C=O) groups excluding carboxylic acids is 2. The van der Waals surface area contributed by atoms with E-state index >= 15 is 0 Å². The van der Waals surface area contributed by atoms with E-state index in [2.05, 4.69) is 4.98 Å². The van der Waals surface area contributed by atoms with E-state index in [0.717, 1.165) is 29.7 Å². The average molecular weight is 410 g/mol. The summed E-state index contributed by atoms with van der Waals surface area (Å²) in [5.41, 5.74) is 1.48. The molecular weight excluding hydrogens is 388 g/mol. The molecule has 0 saturated carbocycles. The van der Waals surface area contributed by atoms with Gasteiger partial charge in [0.25, 0.3) is 5.91 Å². The number of ether oxygens (including phenoxy) is 2. The highest BCUT2D eigenvalue weighted by Crippen LogP contribution is 2.30. The maximum Gasteiger partial charge on any atom is 0.266 e. The molecule has 1 aliphatic heterocycles. The molecule has 0 aliphatic carbocycles. The molecular formula is C22H22N2O4S. The maximum absolute atomic E-state index is 13.0. The van der Waals surface area contributed by atoms with E-state index < -0.39 is 0 Å². The quantitative estimate of drug-likeness (QED) is 0.549. The van der Waals surface area contributed by atoms with Gasteiger partial charge >= 0.3 is 0 Å². The van der Waals surface area contributed by atoms with Crippen molar-refractivity contribution in [2.75, 3.05) is 24.7 Å². The molecule has 6 nitrogen and oxygen atoms in total. The highest BCUT2D eigenvalue weighted by molar-refractivity contribution is 7.22. The van der Waals surface area contributed by atoms with Crippen LogP contribution in [0.1, 0.15) is 30.1 Å². The zero-order chi connectivity index (χ0) is 20.2. The molecule has 2 aromatic carbocycles. The predicted molar refractivity (Wildman–Crippen MR) is 113 cm³/mol. The van der Waals surface area contributed by atoms with Crippen molar-refractivity contribution < 1.29 is 19.1 Å². The van der Waals surface area contributed by atoms with E-state index in [1.165, 1.54) is 18.3 Å². The van der Waals surface area contributed by atoms with Crippen molar-refractivity contribution in [2.24, 2.45) is 0 Å². The zero-order valence-corrected chi connectivity index (χ0v) is 17.0. The van der Waals surface area contributed by atoms with E-state index in [1.54, 1.807) is 29.2 Å². The van der Waals surface area contributed by atoms with Crippen LogP contribution < -0.4 is 9.64 Å². The smallest absolute Gasteiger partial charge is 0.266 e. The second-order valence-electron chi connectivity index (χ2n) is 6.97. The summed E-state index contributed by atoms with van der Waals surface area (Å²) in [5.74, 6) is 0.367. The first-order valence-electron chi connectivity index (χ1n) is 9.61. The molecule has 1 aromatic heterocycles. The third-order valence-corrected chi connectivity index (χ3v) is 5.91. The molecule has 29 heavy (non-hydrogen) atoms. The van der Waals surface area contributed by atoms with E-state index in [-0.39, 0.29) is 24.4 Å². The van der Waals surface area contributed by atoms with Crippen LogP contribution in [-0.4, -0.2) is 42.5 Å². The molecule has 1 unspecified atom stereocenters. The van der Waals surface area contributed by atoms with Crippen molar-refractivity contribution in [1.29, 1.82) is 0 Å². The Balaban J connectivity index is 1.50. The van der Waals surface area contributed by atoms with Gasteiger partial charge in [-0.1, -0.05) is 23.5 Å². The average Bonchev–Trinajstić information content (AvgIpc) is 3.39. The second-order valence-corrected chi connectivity index (χ2v) is 7.98. The van der Waals surface area contributed by atoms with Gasteiger partial charge < -0.3 is 9.47 Å². The van der Waals surface area contributed by atoms with Gasteiger partial charge in [-0.15, -0.1) is 0 Å². The third-order valence-electron chi connectivity index (χ3n) is 4.85. The summed E-state index contributed by atoms with van der Waals surface area (Å²) in [4.78, 5) is 30.7. The zero-order valence-electron chi connectivity index (χ0n) is 16.2. The number of hydrogen-bond acceptors (Lipinski definition) is 6. The van der Waals surface area contributed by atoms with E-state index in [9.17, 15) is 9.59 Å². The molecule has 1 amide bonds. The number of anilines is 1. The Bertz CT molecular complexity index is 976. The largest absolute Gasteiger partial charge is 0.484 e. The monoisotopic (exact) mass is 410 g/mol. The lowest BCUT2D eigenvalue weighted by Gasteiger charge is -2.23. The van der Waals surface area contributed by atoms with Gasteiger partial charge in [-0.2, -0.15) is 0 Å². The Morgan fingerprint density at radius 3 is 2.69 bits per heavy atom. The van der Waals surface area contributed by atoms with Gasteiger partial charge in [-0.05, 0) is 56.2 Å². The van der Waals surface area contributed by atoms with Crippen LogP contribution in [0.2, 0.25) is 0 Å². The molecule has 1 fully saturated rings. The number of ketones is 1. The van der Waals surface area contributed by atoms with E-state index in [1.807, 2.05) is 24.3 Å². The number of para-hydroxylation sites is 1. The number of fused-ring (bicyclic) bond motifs is 1. The predicted octanol–water partition coefficient (Wildman–Crippen LogP) is 4.09. The number of benzene rings is 2. The number of thiazole rings is 1. The number of Topliss-reactive ketones (excluding diaryl/α,β-unsaturated/α-hetero) is 1. The number of nitrogens with zero attached hydrogens (tertiary/aromatic N) is 2. The van der Waals surface area contributed by atoms with Crippen LogP contribution in [0.3, 0.4) is 0 Å². The maximum atomic E-state index is 13.0. The van der Waals surface area contributed by atoms with Crippen molar-refractivity contribution in [3.8, 4) is 5.75 Å². The lowest BCUT2D eigenvalue weighted by Crippen LogP contribution is -2.40. The highest BCUT2D eigenvalue weighted by atomic mass is 32.1. The fourth-order valence-corrected chi connectivity index (χ4v) is 4.26. The van der Waals surface area contributed by atoms with Gasteiger partial charge in [0.2, 0.25) is 0 Å². The van der Waals surface area contributed by atoms with Crippen molar-refractivity contribution in [3.63, 3.8) is 0 Å². The summed E-state index contributed by atoms with van der Waals surface area (Å²) in [7, 11) is 0. The molecule has 1 atom stereocenters. The lowest BCUT2D eigenvalue weighted by atomic mass is 10.1. The Kier molecular flexibility index (Phi) is 5.87. The molecule has 0 bridgehead atoms. The van der Waals surface area contributed by atoms with Crippen molar-refractivity contribution in [3.05, 3.63) is 54.1 Å². The molecule has 0 radical (unpaired) electrons. The van der Waals surface area contributed by atoms with Crippen LogP contribution in [0.5, 0.6) is 5.75 Å². The topological polar surface area (TPSA) is 68.7 Å². The van der Waals surface area contributed by atoms with Gasteiger partial charge in [0, 0.05) is 12.2 Å². The molecule has 0 N–H and O–H groups in total. The van der Waals surface area contributed by atoms with Crippen LogP contribution in [0, 0.1) is 0 Å². The number of aromatic nitrogens is 1. The van der Waals surface area contributed by atoms with Crippen LogP contribution in [0.25, 0.3) is 10.2 Å². The molecule has 1 aliphatic rings. The third kappa shape index (κ3) is 4.63. The number of carbonyl (C=O) groups is 2. The lowest BCUT2D eigenvalue weighted by molar-refractivity contribution is -0.120. The summed E-state index contributed by atoms with van der Waals surface area (Å²) in [6.07, 6.45) is 1.95. The van der Waals surface area contributed by atoms with Gasteiger partial charge in [0.15, 0.2) is 17.5 Å². The van der Waals surface area contributed by atoms with Gasteiger partial charge in [0.1, 0.15) is 5.75 Å². The minimum absolute atomic E-state index is 0.00815. The second kappa shape index (κ2) is 8.71. The highest BCUT2D eigenvalue weighted by Gasteiger charge is 2.26. The molecule has 150 valence electrons. The Hall–Kier alpha value is -2.77. The number of amides is 1. The summed E-state index contributed by atoms with van der Waals surface area (Å²) in [6, 6.07) is 14.6. The van der Waals surface area contributed by atoms with Crippen LogP contribution >= 0.6 is 11.3 Å². The van der Waals surface area contributed by atoms with Crippen LogP contribution in [0.4, 0.5) is 5.13 Å². The Labute approximate surface area is 173 Å². The van der Waals surface area contributed by atoms with Crippen LogP contribution in [0.15, 0.2) is 48.5 Å². The summed E-state index contributed by atoms with van der Waals surface area (Å²) in [6.45, 7) is 2.60. The van der Waals surface area contributed by atoms with Crippen molar-refractivity contribution in [2.45, 2.75) is 25.9 Å². The Morgan fingerprint density at radius 1 is 1.21 bits per heavy atom. The molecule has 0 spiro atoms. The fourth-order valence-electron chi connectivity index (χ4n) is 3.26. The Morgan fingerprint density at radius 2 is 2.00 bits per heavy atom. The molecule has 4 rings (SSSR count). The fraction of sp³-hybridized carbons (Fsp3) is 0.318. The molecule has 1 saturated heterocycles. The molecule has 2 heterocycles. The summed E-state index contributed by atoms with van der Waals surface area (Å²) >= 11 is 1.49. The summed E-state index contributed by atoms with van der Waals surface area (Å²) in [5, 5.41) is 0.655. The van der Waals surface area contributed by atoms with Gasteiger partial charge in [-0.3, -0.25) is 14.5 Å². The van der Waals surface area contributed by atoms with Crippen molar-refractivity contribution >= 4 is 38.4 Å². The SMILES string of the molecule is CC(=O)c1ccc(OCC(=O)N(CC2CCCO2)c2nc3ccccc3s2)cc1. The summed E-state index contributed by atoms with van der Waals surface area (Å²) < 4.78 is 12.5. The van der Waals surface area contributed by atoms with Crippen molar-refractivity contribution in [1.82, 2.24) is 4.98 Å². The number of hydrogen-bond donors (Lipinski definition) is 0. The minimum atomic E-state index is -0.171. The molecule has 3 aromatic rings. The minimum Gasteiger partial charge on any atom is -0.484 e. The molecule has 7 heteroatoms. The first-order chi connectivity index (χ1) is 14.1. The van der Waals surface area contributed by atoms with E-state index in [4.69, 9.17) is 9.47 Å². The normalized spacial score (nSPS) is 16.1. The van der Waals surface area contributed by atoms with Gasteiger partial charge in [0.05, 0.1) is 22.9 Å². The van der Waals surface area contributed by atoms with E-state index in [0.29, 0.717) is 23.0 Å². The first-order valence-corrected chi connectivity index (χ1v) is 10.4. The first kappa shape index (κ1) is 19.5. The van der Waals surface area contributed by atoms with Gasteiger partial charge in [-0.25, -0.2) is 4.98 Å². The number of rotatable bonds is 7. The standard InChI is InChI=1S/C22H22N2O4S/c1-15(25)16-8-10-17(11-9-16)28-14-21(26)24(13-18-5-4-12-27-18)22-23-19-6-2-3-7-20(19)29-22/h2-3,6-11,18H,4-5,12-14H2,1H3. The van der Waals surface area contributed by atoms with Crippen LogP contribution in [-0.2, 0) is 9.53 Å².